The number of rotatable bonds is 9. The first kappa shape index (κ1) is 22.7. The van der Waals surface area contributed by atoms with Crippen molar-refractivity contribution in [2.45, 2.75) is 26.2 Å². The average molecular weight is 450 g/mol. The van der Waals surface area contributed by atoms with Gasteiger partial charge in [-0.2, -0.15) is 0 Å². The van der Waals surface area contributed by atoms with Gasteiger partial charge in [-0.05, 0) is 18.9 Å². The van der Waals surface area contributed by atoms with Crippen molar-refractivity contribution in [3.8, 4) is 0 Å². The molecule has 0 saturated carbocycles. The molecule has 164 valence electrons. The standard InChI is InChI=1S/C22H21F3N2O3S/c1-2-30-19(29)13-27(11-10-14-6-4-3-5-7-14)18(28)9-8-17-26-21-20(25)15(23)12-16(24)22(21)31-17/h3-7,12H,2,8-11,13H2,1H3. The number of fused-ring (bicyclic) bond motifs is 1. The summed E-state index contributed by atoms with van der Waals surface area (Å²) in [5.41, 5.74) is 0.640. The first-order valence-corrected chi connectivity index (χ1v) is 10.6. The van der Waals surface area contributed by atoms with Gasteiger partial charge in [-0.1, -0.05) is 30.3 Å². The summed E-state index contributed by atoms with van der Waals surface area (Å²) in [5.74, 6) is -4.23. The number of carbonyl (C=O) groups excluding carboxylic acids is 2. The molecule has 0 unspecified atom stereocenters. The molecule has 1 heterocycles. The van der Waals surface area contributed by atoms with Crippen molar-refractivity contribution in [2.75, 3.05) is 19.7 Å². The van der Waals surface area contributed by atoms with Crippen LogP contribution in [0.2, 0.25) is 0 Å². The summed E-state index contributed by atoms with van der Waals surface area (Å²) >= 11 is 0.878. The molecule has 3 rings (SSSR count). The maximum Gasteiger partial charge on any atom is 0.325 e. The van der Waals surface area contributed by atoms with Gasteiger partial charge in [0.15, 0.2) is 11.6 Å². The minimum Gasteiger partial charge on any atom is -0.465 e. The van der Waals surface area contributed by atoms with E-state index in [1.165, 1.54) is 4.90 Å². The van der Waals surface area contributed by atoms with Gasteiger partial charge in [-0.25, -0.2) is 18.2 Å². The van der Waals surface area contributed by atoms with Crippen molar-refractivity contribution in [3.05, 3.63) is 64.4 Å². The van der Waals surface area contributed by atoms with Gasteiger partial charge in [0, 0.05) is 25.5 Å². The van der Waals surface area contributed by atoms with Crippen LogP contribution < -0.4 is 0 Å². The van der Waals surface area contributed by atoms with Crippen LogP contribution in [0.5, 0.6) is 0 Å². The second kappa shape index (κ2) is 10.4. The lowest BCUT2D eigenvalue weighted by Crippen LogP contribution is -2.38. The Bertz CT molecular complexity index is 1070. The fourth-order valence-corrected chi connectivity index (χ4v) is 4.04. The van der Waals surface area contributed by atoms with Crippen molar-refractivity contribution >= 4 is 33.4 Å². The van der Waals surface area contributed by atoms with Crippen LogP contribution in [-0.2, 0) is 27.2 Å². The van der Waals surface area contributed by atoms with Crippen molar-refractivity contribution in [3.63, 3.8) is 0 Å². The minimum atomic E-state index is -1.31. The summed E-state index contributed by atoms with van der Waals surface area (Å²) in [5, 5.41) is 0.311. The molecule has 0 N–H and O–H groups in total. The second-order valence-electron chi connectivity index (χ2n) is 6.80. The first-order chi connectivity index (χ1) is 14.9. The summed E-state index contributed by atoms with van der Waals surface area (Å²) in [6.07, 6.45) is 0.659. The molecule has 0 aliphatic carbocycles. The molecule has 0 bridgehead atoms. The van der Waals surface area contributed by atoms with Crippen LogP contribution >= 0.6 is 11.3 Å². The number of thiazole rings is 1. The number of benzene rings is 2. The van der Waals surface area contributed by atoms with E-state index in [9.17, 15) is 22.8 Å². The second-order valence-corrected chi connectivity index (χ2v) is 7.88. The summed E-state index contributed by atoms with van der Waals surface area (Å²) in [6, 6.07) is 10.0. The van der Waals surface area contributed by atoms with E-state index in [0.717, 1.165) is 16.9 Å². The molecule has 0 saturated heterocycles. The summed E-state index contributed by atoms with van der Waals surface area (Å²) < 4.78 is 46.0. The predicted molar refractivity (Wildman–Crippen MR) is 111 cm³/mol. The first-order valence-electron chi connectivity index (χ1n) is 9.79. The lowest BCUT2D eigenvalue weighted by Gasteiger charge is -2.21. The fourth-order valence-electron chi connectivity index (χ4n) is 3.07. The van der Waals surface area contributed by atoms with E-state index in [0.29, 0.717) is 24.0 Å². The molecule has 9 heteroatoms. The Hall–Kier alpha value is -2.94. The zero-order chi connectivity index (χ0) is 22.4. The average Bonchev–Trinajstić information content (AvgIpc) is 3.19. The van der Waals surface area contributed by atoms with E-state index in [-0.39, 0.29) is 42.1 Å². The number of amides is 1. The highest BCUT2D eigenvalue weighted by Crippen LogP contribution is 2.29. The number of aryl methyl sites for hydroxylation is 1. The van der Waals surface area contributed by atoms with Crippen LogP contribution in [0.25, 0.3) is 10.2 Å². The van der Waals surface area contributed by atoms with Gasteiger partial charge in [0.05, 0.1) is 16.3 Å². The number of hydrogen-bond donors (Lipinski definition) is 0. The van der Waals surface area contributed by atoms with E-state index in [1.807, 2.05) is 30.3 Å². The third-order valence-electron chi connectivity index (χ3n) is 4.60. The molecule has 3 aromatic rings. The molecule has 0 atom stereocenters. The van der Waals surface area contributed by atoms with Crippen molar-refractivity contribution in [2.24, 2.45) is 0 Å². The van der Waals surface area contributed by atoms with E-state index in [1.54, 1.807) is 6.92 Å². The number of carbonyl (C=O) groups is 2. The van der Waals surface area contributed by atoms with Gasteiger partial charge in [0.2, 0.25) is 5.91 Å². The van der Waals surface area contributed by atoms with Gasteiger partial charge >= 0.3 is 5.97 Å². The molecule has 5 nitrogen and oxygen atoms in total. The zero-order valence-electron chi connectivity index (χ0n) is 16.9. The molecule has 31 heavy (non-hydrogen) atoms. The summed E-state index contributed by atoms with van der Waals surface area (Å²) in [7, 11) is 0. The molecule has 1 amide bonds. The van der Waals surface area contributed by atoms with Crippen LogP contribution in [0, 0.1) is 17.5 Å². The molecular formula is C22H21F3N2O3S. The molecule has 2 aromatic carbocycles. The molecule has 0 fully saturated rings. The largest absolute Gasteiger partial charge is 0.465 e. The molecule has 0 aliphatic heterocycles. The number of hydrogen-bond acceptors (Lipinski definition) is 5. The summed E-state index contributed by atoms with van der Waals surface area (Å²) in [6.45, 7) is 2.02. The third-order valence-corrected chi connectivity index (χ3v) is 5.73. The monoisotopic (exact) mass is 450 g/mol. The molecular weight excluding hydrogens is 429 g/mol. The third kappa shape index (κ3) is 5.81. The Kier molecular flexibility index (Phi) is 7.62. The van der Waals surface area contributed by atoms with E-state index >= 15 is 0 Å². The van der Waals surface area contributed by atoms with Crippen molar-refractivity contribution in [1.29, 1.82) is 0 Å². The predicted octanol–water partition coefficient (Wildman–Crippen LogP) is 4.28. The van der Waals surface area contributed by atoms with Gasteiger partial charge in [0.25, 0.3) is 0 Å². The lowest BCUT2D eigenvalue weighted by atomic mass is 10.1. The summed E-state index contributed by atoms with van der Waals surface area (Å²) in [4.78, 5) is 30.0. The minimum absolute atomic E-state index is 0.0141. The highest BCUT2D eigenvalue weighted by molar-refractivity contribution is 7.18. The number of halogens is 3. The lowest BCUT2D eigenvalue weighted by molar-refractivity contribution is -0.148. The van der Waals surface area contributed by atoms with E-state index < -0.39 is 23.4 Å². The fraction of sp³-hybridized carbons (Fsp3) is 0.318. The Morgan fingerprint density at radius 1 is 1.10 bits per heavy atom. The normalized spacial score (nSPS) is 11.0. The molecule has 0 spiro atoms. The SMILES string of the molecule is CCOC(=O)CN(CCc1ccccc1)C(=O)CCc1nc2c(F)c(F)cc(F)c2s1. The van der Waals surface area contributed by atoms with Crippen LogP contribution in [0.1, 0.15) is 23.9 Å². The maximum absolute atomic E-state index is 13.9. The topological polar surface area (TPSA) is 59.5 Å². The van der Waals surface area contributed by atoms with E-state index in [2.05, 4.69) is 4.98 Å². The number of esters is 1. The van der Waals surface area contributed by atoms with Gasteiger partial charge in [-0.15, -0.1) is 11.3 Å². The highest BCUT2D eigenvalue weighted by atomic mass is 32.1. The number of nitrogens with zero attached hydrogens (tertiary/aromatic N) is 2. The maximum atomic E-state index is 13.9. The number of aromatic nitrogens is 1. The van der Waals surface area contributed by atoms with Gasteiger partial charge in [0.1, 0.15) is 17.9 Å². The molecule has 0 radical (unpaired) electrons. The Balaban J connectivity index is 1.68. The molecule has 1 aromatic heterocycles. The van der Waals surface area contributed by atoms with Crippen LogP contribution in [-0.4, -0.2) is 41.5 Å². The Morgan fingerprint density at radius 3 is 2.55 bits per heavy atom. The van der Waals surface area contributed by atoms with Crippen LogP contribution in [0.4, 0.5) is 13.2 Å². The van der Waals surface area contributed by atoms with Crippen LogP contribution in [0.3, 0.4) is 0 Å². The Labute approximate surface area is 181 Å². The quantitative estimate of drug-likeness (QED) is 0.361. The Morgan fingerprint density at radius 2 is 1.84 bits per heavy atom. The van der Waals surface area contributed by atoms with Crippen molar-refractivity contribution < 1.29 is 27.5 Å². The molecule has 0 aliphatic rings. The van der Waals surface area contributed by atoms with Gasteiger partial charge < -0.3 is 9.64 Å². The highest BCUT2D eigenvalue weighted by Gasteiger charge is 2.21. The number of ether oxygens (including phenoxy) is 1. The van der Waals surface area contributed by atoms with Gasteiger partial charge in [-0.3, -0.25) is 9.59 Å². The van der Waals surface area contributed by atoms with E-state index in [4.69, 9.17) is 4.74 Å². The van der Waals surface area contributed by atoms with Crippen molar-refractivity contribution in [1.82, 2.24) is 9.88 Å². The van der Waals surface area contributed by atoms with Crippen LogP contribution in [0.15, 0.2) is 36.4 Å². The smallest absolute Gasteiger partial charge is 0.325 e. The zero-order valence-corrected chi connectivity index (χ0v) is 17.7.